The first-order valence-electron chi connectivity index (χ1n) is 8.35. The number of anilines is 1. The van der Waals surface area contributed by atoms with Crippen LogP contribution in [0, 0.1) is 21.7 Å². The van der Waals surface area contributed by atoms with Crippen LogP contribution < -0.4 is 5.32 Å². The molecule has 0 radical (unpaired) electrons. The Bertz CT molecular complexity index is 1250. The molecule has 0 saturated heterocycles. The monoisotopic (exact) mass is 412 g/mol. The van der Waals surface area contributed by atoms with Crippen molar-refractivity contribution in [3.8, 4) is 23.1 Å². The van der Waals surface area contributed by atoms with Crippen LogP contribution in [0.3, 0.4) is 0 Å². The van der Waals surface area contributed by atoms with E-state index in [1.54, 1.807) is 24.3 Å². The van der Waals surface area contributed by atoms with Crippen LogP contribution in [0.4, 0.5) is 20.2 Å². The van der Waals surface area contributed by atoms with Gasteiger partial charge >= 0.3 is 5.69 Å². The van der Waals surface area contributed by atoms with E-state index in [1.807, 2.05) is 0 Å². The van der Waals surface area contributed by atoms with Crippen molar-refractivity contribution in [1.82, 2.24) is 10.2 Å². The Morgan fingerprint density at radius 3 is 2.60 bits per heavy atom. The van der Waals surface area contributed by atoms with Crippen molar-refractivity contribution in [2.24, 2.45) is 0 Å². The Morgan fingerprint density at radius 2 is 1.87 bits per heavy atom. The lowest BCUT2D eigenvalue weighted by Crippen LogP contribution is -2.16. The molecule has 0 atom stereocenters. The molecule has 0 spiro atoms. The van der Waals surface area contributed by atoms with E-state index in [0.717, 1.165) is 0 Å². The van der Waals surface area contributed by atoms with Crippen LogP contribution in [0.5, 0.6) is 0 Å². The fourth-order valence-corrected chi connectivity index (χ4v) is 2.65. The van der Waals surface area contributed by atoms with Gasteiger partial charge in [-0.1, -0.05) is 6.07 Å². The van der Waals surface area contributed by atoms with Gasteiger partial charge in [0, 0.05) is 17.3 Å². The summed E-state index contributed by atoms with van der Waals surface area (Å²) in [6.45, 7) is 0. The normalized spacial score (nSPS) is 10.7. The van der Waals surface area contributed by atoms with Crippen LogP contribution in [-0.4, -0.2) is 21.0 Å². The van der Waals surface area contributed by atoms with E-state index in [0.29, 0.717) is 23.5 Å². The number of nitro groups is 1. The van der Waals surface area contributed by atoms with Gasteiger partial charge in [0.25, 0.3) is 11.8 Å². The number of carbonyl (C=O) groups excluding carboxylic acids is 1. The molecule has 4 rings (SSSR count). The zero-order valence-corrected chi connectivity index (χ0v) is 14.8. The van der Waals surface area contributed by atoms with Gasteiger partial charge in [0.15, 0.2) is 5.76 Å². The van der Waals surface area contributed by atoms with Crippen LogP contribution >= 0.6 is 0 Å². The highest BCUT2D eigenvalue weighted by Crippen LogP contribution is 2.27. The molecule has 0 aliphatic heterocycles. The molecular formula is C19H10F2N4O5. The minimum absolute atomic E-state index is 0.116. The molecule has 1 amide bonds. The number of nitrogens with zero attached hydrogens (tertiary/aromatic N) is 3. The third kappa shape index (κ3) is 3.51. The molecule has 0 fully saturated rings. The summed E-state index contributed by atoms with van der Waals surface area (Å²) in [7, 11) is 0. The molecule has 0 saturated carbocycles. The molecule has 2 aromatic heterocycles. The Kier molecular flexibility index (Phi) is 4.76. The van der Waals surface area contributed by atoms with Gasteiger partial charge in [0.2, 0.25) is 11.7 Å². The second kappa shape index (κ2) is 7.54. The molecule has 2 heterocycles. The maximum Gasteiger partial charge on any atom is 0.305 e. The van der Waals surface area contributed by atoms with Crippen molar-refractivity contribution in [3.63, 3.8) is 0 Å². The zero-order valence-electron chi connectivity index (χ0n) is 14.8. The number of hydrogen-bond acceptors (Lipinski definition) is 7. The molecule has 0 aliphatic carbocycles. The quantitative estimate of drug-likeness (QED) is 0.380. The summed E-state index contributed by atoms with van der Waals surface area (Å²) in [6, 6.07) is 10.6. The maximum atomic E-state index is 14.2. The SMILES string of the molecule is O=C(Nc1cccc(-c2nnc(-c3ccco3)o2)c1)c1c(F)ccc([N+](=O)[O-])c1F. The number of amides is 1. The van der Waals surface area contributed by atoms with E-state index in [9.17, 15) is 23.7 Å². The van der Waals surface area contributed by atoms with Gasteiger partial charge in [0.05, 0.1) is 11.2 Å². The van der Waals surface area contributed by atoms with Crippen LogP contribution in [0.1, 0.15) is 10.4 Å². The standard InChI is InChI=1S/C19H10F2N4O5/c20-12-6-7-13(25(27)28)16(21)15(12)17(26)22-11-4-1-3-10(9-11)18-23-24-19(30-18)14-5-2-8-29-14/h1-9H,(H,22,26). The molecule has 2 aromatic carbocycles. The van der Waals surface area contributed by atoms with Gasteiger partial charge in [0.1, 0.15) is 11.4 Å². The number of rotatable bonds is 5. The number of nitrogens with one attached hydrogen (secondary N) is 1. The summed E-state index contributed by atoms with van der Waals surface area (Å²) in [5.74, 6) is -3.35. The summed E-state index contributed by atoms with van der Waals surface area (Å²) >= 11 is 0. The van der Waals surface area contributed by atoms with E-state index in [-0.39, 0.29) is 17.5 Å². The van der Waals surface area contributed by atoms with Crippen molar-refractivity contribution in [2.75, 3.05) is 5.32 Å². The first-order valence-corrected chi connectivity index (χ1v) is 8.35. The van der Waals surface area contributed by atoms with Crippen LogP contribution in [0.25, 0.3) is 23.1 Å². The first kappa shape index (κ1) is 18.9. The van der Waals surface area contributed by atoms with E-state index in [2.05, 4.69) is 15.5 Å². The largest absolute Gasteiger partial charge is 0.459 e. The number of aromatic nitrogens is 2. The zero-order chi connectivity index (χ0) is 21.3. The van der Waals surface area contributed by atoms with Crippen molar-refractivity contribution in [1.29, 1.82) is 0 Å². The third-order valence-corrected chi connectivity index (χ3v) is 4.02. The van der Waals surface area contributed by atoms with Crippen LogP contribution in [0.15, 0.2) is 63.6 Å². The molecule has 0 unspecified atom stereocenters. The van der Waals surface area contributed by atoms with Gasteiger partial charge in [-0.3, -0.25) is 14.9 Å². The Labute approximate surface area is 166 Å². The molecular weight excluding hydrogens is 402 g/mol. The van der Waals surface area contributed by atoms with Crippen molar-refractivity contribution in [3.05, 3.63) is 82.1 Å². The van der Waals surface area contributed by atoms with Crippen LogP contribution in [0.2, 0.25) is 0 Å². The topological polar surface area (TPSA) is 124 Å². The number of benzene rings is 2. The average molecular weight is 412 g/mol. The Morgan fingerprint density at radius 1 is 1.07 bits per heavy atom. The molecule has 0 aliphatic rings. The van der Waals surface area contributed by atoms with E-state index < -0.39 is 33.7 Å². The highest BCUT2D eigenvalue weighted by molar-refractivity contribution is 6.05. The Hall–Kier alpha value is -4.41. The fraction of sp³-hybridized carbons (Fsp3) is 0. The van der Waals surface area contributed by atoms with Crippen molar-refractivity contribution >= 4 is 17.3 Å². The predicted octanol–water partition coefficient (Wildman–Crippen LogP) is 4.44. The lowest BCUT2D eigenvalue weighted by Gasteiger charge is -2.08. The summed E-state index contributed by atoms with van der Waals surface area (Å²) in [5, 5.41) is 20.9. The van der Waals surface area contributed by atoms with E-state index >= 15 is 0 Å². The predicted molar refractivity (Wildman–Crippen MR) is 98.4 cm³/mol. The van der Waals surface area contributed by atoms with E-state index in [4.69, 9.17) is 8.83 Å². The summed E-state index contributed by atoms with van der Waals surface area (Å²) in [6.07, 6.45) is 1.45. The summed E-state index contributed by atoms with van der Waals surface area (Å²) < 4.78 is 38.9. The number of nitro benzene ring substituents is 1. The molecule has 11 heteroatoms. The van der Waals surface area contributed by atoms with Gasteiger partial charge in [-0.05, 0) is 36.4 Å². The number of halogens is 2. The van der Waals surface area contributed by atoms with Crippen LogP contribution in [-0.2, 0) is 0 Å². The molecule has 1 N–H and O–H groups in total. The lowest BCUT2D eigenvalue weighted by molar-refractivity contribution is -0.387. The van der Waals surface area contributed by atoms with Gasteiger partial charge < -0.3 is 14.2 Å². The highest BCUT2D eigenvalue weighted by Gasteiger charge is 2.26. The lowest BCUT2D eigenvalue weighted by atomic mass is 10.1. The first-order chi connectivity index (χ1) is 14.4. The summed E-state index contributed by atoms with van der Waals surface area (Å²) in [5.41, 5.74) is -1.50. The molecule has 30 heavy (non-hydrogen) atoms. The average Bonchev–Trinajstić information content (AvgIpc) is 3.40. The minimum atomic E-state index is -1.56. The molecule has 9 nitrogen and oxygen atoms in total. The van der Waals surface area contributed by atoms with Gasteiger partial charge in [-0.15, -0.1) is 10.2 Å². The maximum absolute atomic E-state index is 14.2. The Balaban J connectivity index is 1.61. The van der Waals surface area contributed by atoms with Crippen molar-refractivity contribution < 1.29 is 27.3 Å². The second-order valence-corrected chi connectivity index (χ2v) is 5.94. The number of furan rings is 1. The van der Waals surface area contributed by atoms with Gasteiger partial charge in [-0.25, -0.2) is 4.39 Å². The van der Waals surface area contributed by atoms with Gasteiger partial charge in [-0.2, -0.15) is 4.39 Å². The fourth-order valence-electron chi connectivity index (χ4n) is 2.65. The minimum Gasteiger partial charge on any atom is -0.459 e. The smallest absolute Gasteiger partial charge is 0.305 e. The molecule has 0 bridgehead atoms. The molecule has 150 valence electrons. The highest BCUT2D eigenvalue weighted by atomic mass is 19.1. The van der Waals surface area contributed by atoms with Crippen molar-refractivity contribution in [2.45, 2.75) is 0 Å². The molecule has 4 aromatic rings. The van der Waals surface area contributed by atoms with E-state index in [1.165, 1.54) is 18.4 Å². The summed E-state index contributed by atoms with van der Waals surface area (Å²) in [4.78, 5) is 22.2. The third-order valence-electron chi connectivity index (χ3n) is 4.02. The second-order valence-electron chi connectivity index (χ2n) is 5.94. The number of carbonyl (C=O) groups is 1. The number of hydrogen-bond donors (Lipinski definition) is 1.